The van der Waals surface area contributed by atoms with Crippen molar-refractivity contribution in [3.63, 3.8) is 0 Å². The molecule has 0 saturated carbocycles. The monoisotopic (exact) mass is 299 g/mol. The van der Waals surface area contributed by atoms with E-state index in [0.717, 1.165) is 0 Å². The van der Waals surface area contributed by atoms with E-state index in [9.17, 15) is 10.1 Å². The lowest BCUT2D eigenvalue weighted by molar-refractivity contribution is -0.385. The highest BCUT2D eigenvalue weighted by Crippen LogP contribution is 2.34. The normalized spacial score (nSPS) is 10.3. The summed E-state index contributed by atoms with van der Waals surface area (Å²) in [6.07, 6.45) is 1.21. The fourth-order valence-electron chi connectivity index (χ4n) is 1.34. The van der Waals surface area contributed by atoms with E-state index < -0.39 is 4.92 Å². The van der Waals surface area contributed by atoms with Crippen LogP contribution in [0.15, 0.2) is 24.5 Å². The Morgan fingerprint density at radius 2 is 2.05 bits per heavy atom. The summed E-state index contributed by atoms with van der Waals surface area (Å²) >= 11 is 11.5. The second-order valence-electron chi connectivity index (χ2n) is 3.57. The molecule has 0 atom stereocenters. The Morgan fingerprint density at radius 3 is 2.74 bits per heavy atom. The van der Waals surface area contributed by atoms with Gasteiger partial charge in [-0.25, -0.2) is 9.97 Å². The Balaban J connectivity index is 2.44. The van der Waals surface area contributed by atoms with Crippen LogP contribution in [0.25, 0.3) is 0 Å². The minimum absolute atomic E-state index is 0.0345. The Hall–Kier alpha value is -1.92. The predicted molar refractivity (Wildman–Crippen MR) is 70.0 cm³/mol. The Kier molecular flexibility index (Phi) is 3.82. The second kappa shape index (κ2) is 5.38. The number of benzene rings is 1. The molecule has 1 aromatic carbocycles. The summed E-state index contributed by atoms with van der Waals surface area (Å²) in [6, 6.07) is 4.09. The van der Waals surface area contributed by atoms with Gasteiger partial charge in [0.05, 0.1) is 4.92 Å². The molecule has 19 heavy (non-hydrogen) atoms. The number of hydrogen-bond donors (Lipinski definition) is 0. The van der Waals surface area contributed by atoms with Crippen LogP contribution in [0.1, 0.15) is 5.56 Å². The van der Waals surface area contributed by atoms with E-state index in [-0.39, 0.29) is 27.5 Å². The molecule has 0 spiro atoms. The molecule has 0 radical (unpaired) electrons. The maximum absolute atomic E-state index is 10.9. The molecule has 0 fully saturated rings. The molecule has 98 valence electrons. The van der Waals surface area contributed by atoms with Gasteiger partial charge in [-0.05, 0) is 19.1 Å². The minimum atomic E-state index is -0.584. The van der Waals surface area contributed by atoms with Gasteiger partial charge in [0, 0.05) is 16.7 Å². The summed E-state index contributed by atoms with van der Waals surface area (Å²) in [5.74, 6) is 0.192. The van der Waals surface area contributed by atoms with Gasteiger partial charge >= 0.3 is 5.69 Å². The number of rotatable bonds is 3. The zero-order valence-corrected chi connectivity index (χ0v) is 11.1. The van der Waals surface area contributed by atoms with Gasteiger partial charge in [0.2, 0.25) is 11.6 Å². The summed E-state index contributed by atoms with van der Waals surface area (Å²) in [4.78, 5) is 18.0. The lowest BCUT2D eigenvalue weighted by Crippen LogP contribution is -1.97. The molecule has 0 aliphatic carbocycles. The lowest BCUT2D eigenvalue weighted by Gasteiger charge is -2.08. The van der Waals surface area contributed by atoms with Gasteiger partial charge < -0.3 is 4.74 Å². The fraction of sp³-hybridized carbons (Fsp3) is 0.0909. The highest BCUT2D eigenvalue weighted by atomic mass is 35.5. The second-order valence-corrected chi connectivity index (χ2v) is 4.36. The van der Waals surface area contributed by atoms with Gasteiger partial charge in [0.1, 0.15) is 11.5 Å². The van der Waals surface area contributed by atoms with Crippen LogP contribution in [-0.4, -0.2) is 14.9 Å². The van der Waals surface area contributed by atoms with E-state index in [1.807, 2.05) is 0 Å². The van der Waals surface area contributed by atoms with E-state index >= 15 is 0 Å². The largest absolute Gasteiger partial charge is 0.431 e. The third-order valence-corrected chi connectivity index (χ3v) is 2.92. The molecule has 0 aliphatic heterocycles. The van der Waals surface area contributed by atoms with E-state index in [4.69, 9.17) is 27.9 Å². The molecule has 0 aliphatic rings. The van der Waals surface area contributed by atoms with Crippen LogP contribution < -0.4 is 4.74 Å². The highest BCUT2D eigenvalue weighted by Gasteiger charge is 2.18. The van der Waals surface area contributed by atoms with Gasteiger partial charge in [0.25, 0.3) is 0 Å². The van der Waals surface area contributed by atoms with Crippen LogP contribution >= 0.6 is 23.2 Å². The van der Waals surface area contributed by atoms with Crippen molar-refractivity contribution < 1.29 is 9.66 Å². The van der Waals surface area contributed by atoms with E-state index in [2.05, 4.69) is 9.97 Å². The number of nitrogens with zero attached hydrogens (tertiary/aromatic N) is 3. The number of ether oxygens (including phenoxy) is 1. The smallest absolute Gasteiger partial charge is 0.313 e. The standard InChI is InChI=1S/C11H7Cl2N3O3/c1-6-10(13)14-5-15-11(6)19-9-3-2-7(12)4-8(9)16(17)18/h2-5H,1H3. The molecule has 0 bridgehead atoms. The molecule has 1 heterocycles. The molecule has 8 heteroatoms. The first-order valence-corrected chi connectivity index (χ1v) is 5.83. The Labute approximate surface area is 118 Å². The van der Waals surface area contributed by atoms with Crippen molar-refractivity contribution in [2.24, 2.45) is 0 Å². The number of halogens is 2. The van der Waals surface area contributed by atoms with Crippen molar-refractivity contribution in [2.75, 3.05) is 0 Å². The molecule has 0 amide bonds. The van der Waals surface area contributed by atoms with Crippen molar-refractivity contribution in [3.8, 4) is 11.6 Å². The summed E-state index contributed by atoms with van der Waals surface area (Å²) in [5, 5.41) is 11.4. The average molecular weight is 300 g/mol. The number of nitro groups is 1. The van der Waals surface area contributed by atoms with Crippen LogP contribution in [0.3, 0.4) is 0 Å². The molecular weight excluding hydrogens is 293 g/mol. The SMILES string of the molecule is Cc1c(Cl)ncnc1Oc1ccc(Cl)cc1[N+](=O)[O-]. The van der Waals surface area contributed by atoms with Crippen LogP contribution in [0.4, 0.5) is 5.69 Å². The van der Waals surface area contributed by atoms with Crippen LogP contribution in [-0.2, 0) is 0 Å². The molecular formula is C11H7Cl2N3O3. The van der Waals surface area contributed by atoms with Crippen LogP contribution in [0, 0.1) is 17.0 Å². The quantitative estimate of drug-likeness (QED) is 0.489. The zero-order valence-electron chi connectivity index (χ0n) is 9.63. The molecule has 0 N–H and O–H groups in total. The van der Waals surface area contributed by atoms with Gasteiger partial charge in [-0.15, -0.1) is 0 Å². The molecule has 1 aromatic heterocycles. The van der Waals surface area contributed by atoms with Crippen molar-refractivity contribution in [2.45, 2.75) is 6.92 Å². The minimum Gasteiger partial charge on any atom is -0.431 e. The maximum atomic E-state index is 10.9. The van der Waals surface area contributed by atoms with Crippen molar-refractivity contribution in [1.29, 1.82) is 0 Å². The molecule has 2 rings (SSSR count). The first-order valence-electron chi connectivity index (χ1n) is 5.08. The van der Waals surface area contributed by atoms with Gasteiger partial charge in [0.15, 0.2) is 0 Å². The Bertz CT molecular complexity index is 649. The van der Waals surface area contributed by atoms with Gasteiger partial charge in [-0.3, -0.25) is 10.1 Å². The number of nitro benzene ring substituents is 1. The first-order chi connectivity index (χ1) is 8.99. The lowest BCUT2D eigenvalue weighted by atomic mass is 10.3. The molecule has 0 unspecified atom stereocenters. The molecule has 0 saturated heterocycles. The highest BCUT2D eigenvalue weighted by molar-refractivity contribution is 6.31. The number of hydrogen-bond acceptors (Lipinski definition) is 5. The van der Waals surface area contributed by atoms with E-state index in [1.54, 1.807) is 6.92 Å². The van der Waals surface area contributed by atoms with Gasteiger partial charge in [-0.2, -0.15) is 0 Å². The third kappa shape index (κ3) is 2.91. The summed E-state index contributed by atoms with van der Waals surface area (Å²) in [7, 11) is 0. The molecule has 6 nitrogen and oxygen atoms in total. The maximum Gasteiger partial charge on any atom is 0.313 e. The summed E-state index contributed by atoms with van der Waals surface area (Å²) < 4.78 is 5.40. The van der Waals surface area contributed by atoms with Crippen molar-refractivity contribution >= 4 is 28.9 Å². The van der Waals surface area contributed by atoms with Crippen molar-refractivity contribution in [1.82, 2.24) is 9.97 Å². The van der Waals surface area contributed by atoms with Crippen LogP contribution in [0.2, 0.25) is 10.2 Å². The first kappa shape index (κ1) is 13.5. The van der Waals surface area contributed by atoms with Crippen molar-refractivity contribution in [3.05, 3.63) is 50.4 Å². The van der Waals surface area contributed by atoms with E-state index in [0.29, 0.717) is 5.56 Å². The van der Waals surface area contributed by atoms with Crippen LogP contribution in [0.5, 0.6) is 11.6 Å². The van der Waals surface area contributed by atoms with E-state index in [1.165, 1.54) is 24.5 Å². The summed E-state index contributed by atoms with van der Waals surface area (Å²) in [5.41, 5.74) is 0.245. The zero-order chi connectivity index (χ0) is 14.0. The average Bonchev–Trinajstić information content (AvgIpc) is 2.36. The summed E-state index contributed by atoms with van der Waals surface area (Å²) in [6.45, 7) is 1.65. The third-order valence-electron chi connectivity index (χ3n) is 2.30. The topological polar surface area (TPSA) is 78.2 Å². The Morgan fingerprint density at radius 1 is 1.32 bits per heavy atom. The fourth-order valence-corrected chi connectivity index (χ4v) is 1.63. The number of aromatic nitrogens is 2. The van der Waals surface area contributed by atoms with Gasteiger partial charge in [-0.1, -0.05) is 23.2 Å². The predicted octanol–water partition coefficient (Wildman–Crippen LogP) is 3.79. The molecule has 2 aromatic rings.